The minimum atomic E-state index is -4.56. The summed E-state index contributed by atoms with van der Waals surface area (Å²) in [5.74, 6) is -1.62. The van der Waals surface area contributed by atoms with Crippen LogP contribution in [-0.4, -0.2) is 77.0 Å². The highest BCUT2D eigenvalue weighted by molar-refractivity contribution is 7.91. The van der Waals surface area contributed by atoms with E-state index in [1.165, 1.54) is 29.4 Å². The molecule has 2 aliphatic carbocycles. The Balaban J connectivity index is 1.28. The summed E-state index contributed by atoms with van der Waals surface area (Å²) in [6.45, 7) is 3.66. The summed E-state index contributed by atoms with van der Waals surface area (Å²) in [7, 11) is -3.87. The number of hydrogen-bond donors (Lipinski definition) is 4. The Morgan fingerprint density at radius 3 is 2.59 bits per heavy atom. The van der Waals surface area contributed by atoms with Gasteiger partial charge in [0.2, 0.25) is 15.9 Å². The molecule has 0 bridgehead atoms. The van der Waals surface area contributed by atoms with Crippen molar-refractivity contribution >= 4 is 33.6 Å². The Bertz CT molecular complexity index is 1650. The van der Waals surface area contributed by atoms with Gasteiger partial charge >= 0.3 is 12.3 Å². The lowest BCUT2D eigenvalue weighted by Crippen LogP contribution is -2.58. The van der Waals surface area contributed by atoms with Gasteiger partial charge in [0.05, 0.1) is 22.9 Å². The van der Waals surface area contributed by atoms with E-state index >= 15 is 0 Å². The van der Waals surface area contributed by atoms with Crippen LogP contribution in [0.2, 0.25) is 0 Å². The Hall–Kier alpha value is -3.63. The molecule has 4 N–H and O–H groups in total. The lowest BCUT2D eigenvalue weighted by Gasteiger charge is -2.35. The van der Waals surface area contributed by atoms with Crippen LogP contribution in [-0.2, 0) is 25.8 Å². The molecule has 12 nitrogen and oxygen atoms in total. The van der Waals surface area contributed by atoms with Crippen LogP contribution in [0.5, 0.6) is 6.08 Å². The molecule has 268 valence electrons. The number of fused-ring (bicyclic) bond motifs is 2. The van der Waals surface area contributed by atoms with Crippen LogP contribution >= 0.6 is 0 Å². The van der Waals surface area contributed by atoms with Crippen molar-refractivity contribution in [3.05, 3.63) is 48.4 Å². The number of aliphatic hydroxyl groups excluding tert-OH is 1. The lowest BCUT2D eigenvalue weighted by atomic mass is 10.0. The van der Waals surface area contributed by atoms with Crippen LogP contribution in [0.4, 0.5) is 18.9 Å². The average Bonchev–Trinajstić information content (AvgIpc) is 3.94. The molecule has 4 aliphatic rings. The molecule has 2 amide bonds. The third-order valence-corrected chi connectivity index (χ3v) is 11.8. The van der Waals surface area contributed by atoms with E-state index in [4.69, 9.17) is 9.15 Å². The number of nitrogens with zero attached hydrogens (tertiary/aromatic N) is 2. The van der Waals surface area contributed by atoms with Crippen LogP contribution in [0, 0.1) is 5.92 Å². The Labute approximate surface area is 282 Å². The van der Waals surface area contributed by atoms with Crippen LogP contribution in [0.1, 0.15) is 81.9 Å². The second-order valence-electron chi connectivity index (χ2n) is 13.6. The summed E-state index contributed by atoms with van der Waals surface area (Å²) >= 11 is 0. The highest BCUT2D eigenvalue weighted by Gasteiger charge is 2.62. The minimum Gasteiger partial charge on any atom is -0.445 e. The quantitative estimate of drug-likeness (QED) is 0.313. The minimum absolute atomic E-state index is 0.0184. The number of nitrogens with one attached hydrogen (secondary N) is 3. The average molecular weight is 710 g/mol. The van der Waals surface area contributed by atoms with Crippen molar-refractivity contribution in [1.82, 2.24) is 19.9 Å². The molecule has 16 heteroatoms. The highest BCUT2D eigenvalue weighted by atomic mass is 32.2. The van der Waals surface area contributed by atoms with Crippen molar-refractivity contribution in [1.29, 1.82) is 0 Å². The van der Waals surface area contributed by atoms with Gasteiger partial charge in [-0.3, -0.25) is 19.2 Å². The summed E-state index contributed by atoms with van der Waals surface area (Å²) in [6.07, 6.45) is 2.32. The molecule has 0 radical (unpaired) electrons. The summed E-state index contributed by atoms with van der Waals surface area (Å²) < 4.78 is 79.6. The summed E-state index contributed by atoms with van der Waals surface area (Å²) in [5, 5.41) is 17.2. The number of ether oxygens (including phenoxy) is 1. The van der Waals surface area contributed by atoms with Gasteiger partial charge in [0.1, 0.15) is 29.8 Å². The number of anilines is 1. The topological polar surface area (TPSA) is 163 Å². The van der Waals surface area contributed by atoms with Gasteiger partial charge in [-0.25, -0.2) is 8.42 Å². The normalized spacial score (nSPS) is 30.1. The number of sulfonamides is 1. The van der Waals surface area contributed by atoms with Crippen LogP contribution in [0.15, 0.2) is 41.5 Å². The van der Waals surface area contributed by atoms with Crippen molar-refractivity contribution in [3.8, 4) is 6.08 Å². The van der Waals surface area contributed by atoms with Crippen molar-refractivity contribution in [2.45, 2.75) is 112 Å². The molecule has 0 spiro atoms. The number of rotatable bonds is 8. The predicted molar refractivity (Wildman–Crippen MR) is 172 cm³/mol. The molecule has 3 heterocycles. The zero-order valence-electron chi connectivity index (χ0n) is 27.0. The standard InChI is InChI=1S/C33H42F3N5O7S/c1-2-22-19-47-31(38-22)48-24-16-27-28(42)39-32(30(44)40-49(45,46)25-13-14-25)17-21(32)9-6-4-3-5-7-12-26(29(43)41(27)18-24)37-23-11-8-10-20(15-23)33(34,35)36/h2,8,10-11,15,19,21,24-27,29,37,43H,1,3-7,9,12-14,16-18H2,(H,39,42)(H,40,44)/t21-,24-,26+,27+,29?,32-/m1/s1. The molecule has 6 atom stereocenters. The van der Waals surface area contributed by atoms with E-state index in [1.54, 1.807) is 0 Å². The maximum atomic E-state index is 14.2. The van der Waals surface area contributed by atoms with E-state index in [0.717, 1.165) is 37.8 Å². The maximum Gasteiger partial charge on any atom is 0.416 e. The van der Waals surface area contributed by atoms with Gasteiger partial charge in [-0.05, 0) is 62.3 Å². The van der Waals surface area contributed by atoms with E-state index in [1.807, 2.05) is 0 Å². The second kappa shape index (κ2) is 13.9. The van der Waals surface area contributed by atoms with Crippen molar-refractivity contribution in [2.24, 2.45) is 5.92 Å². The van der Waals surface area contributed by atoms with E-state index in [0.29, 0.717) is 37.8 Å². The molecular weight excluding hydrogens is 667 g/mol. The zero-order chi connectivity index (χ0) is 35.0. The molecule has 49 heavy (non-hydrogen) atoms. The van der Waals surface area contributed by atoms with Gasteiger partial charge in [0, 0.05) is 18.7 Å². The number of aromatic nitrogens is 1. The Morgan fingerprint density at radius 2 is 1.90 bits per heavy atom. The molecule has 1 aromatic carbocycles. The first-order valence-electron chi connectivity index (χ1n) is 16.8. The molecule has 1 aromatic heterocycles. The fourth-order valence-corrected chi connectivity index (χ4v) is 8.34. The molecule has 4 fully saturated rings. The number of aliphatic hydroxyl groups is 1. The third-order valence-electron chi connectivity index (χ3n) is 9.95. The van der Waals surface area contributed by atoms with Crippen LogP contribution in [0.25, 0.3) is 6.08 Å². The zero-order valence-corrected chi connectivity index (χ0v) is 27.8. The van der Waals surface area contributed by atoms with E-state index in [9.17, 15) is 36.3 Å². The summed E-state index contributed by atoms with van der Waals surface area (Å²) in [5.41, 5.74) is -1.67. The van der Waals surface area contributed by atoms with E-state index < -0.39 is 68.8 Å². The smallest absolute Gasteiger partial charge is 0.416 e. The van der Waals surface area contributed by atoms with Crippen LogP contribution < -0.4 is 20.1 Å². The first-order chi connectivity index (χ1) is 23.3. The largest absolute Gasteiger partial charge is 0.445 e. The number of hydrogen-bond acceptors (Lipinski definition) is 10. The van der Waals surface area contributed by atoms with Gasteiger partial charge in [0.15, 0.2) is 0 Å². The SMILES string of the molecule is C=Cc1coc(O[C@@H]2C[C@H]3C(=O)N[C@]4(C(=O)NS(=O)(=O)C5CC5)C[C@H]4CCCCCCC[C@H](Nc4cccc(C(F)(F)F)c4)C(O)N3C2)n1. The van der Waals surface area contributed by atoms with Gasteiger partial charge in [-0.1, -0.05) is 44.7 Å². The van der Waals surface area contributed by atoms with Crippen molar-refractivity contribution in [2.75, 3.05) is 11.9 Å². The van der Waals surface area contributed by atoms with Gasteiger partial charge in [-0.2, -0.15) is 18.2 Å². The number of carbonyl (C=O) groups excluding carboxylic acids is 2. The molecular formula is C33H42F3N5O7S. The number of halogens is 3. The Morgan fingerprint density at radius 1 is 1.16 bits per heavy atom. The number of carbonyl (C=O) groups is 2. The molecule has 6 rings (SSSR count). The van der Waals surface area contributed by atoms with Crippen molar-refractivity contribution < 1.29 is 45.4 Å². The highest BCUT2D eigenvalue weighted by Crippen LogP contribution is 2.48. The van der Waals surface area contributed by atoms with E-state index in [2.05, 4.69) is 26.9 Å². The Kier molecular flexibility index (Phi) is 10.0. The summed E-state index contributed by atoms with van der Waals surface area (Å²) in [4.78, 5) is 33.4. The maximum absolute atomic E-state index is 14.2. The third kappa shape index (κ3) is 8.07. The first kappa shape index (κ1) is 35.2. The number of amides is 2. The van der Waals surface area contributed by atoms with Gasteiger partial charge < -0.3 is 24.9 Å². The molecule has 2 aromatic rings. The molecule has 2 saturated heterocycles. The predicted octanol–water partition coefficient (Wildman–Crippen LogP) is 4.18. The first-order valence-corrected chi connectivity index (χ1v) is 18.3. The lowest BCUT2D eigenvalue weighted by molar-refractivity contribution is -0.137. The second-order valence-corrected chi connectivity index (χ2v) is 15.5. The number of alkyl halides is 3. The fraction of sp³-hybridized carbons (Fsp3) is 0.606. The fourth-order valence-electron chi connectivity index (χ4n) is 6.98. The van der Waals surface area contributed by atoms with Crippen molar-refractivity contribution in [3.63, 3.8) is 0 Å². The van der Waals surface area contributed by atoms with Gasteiger partial charge in [0.25, 0.3) is 5.91 Å². The van der Waals surface area contributed by atoms with E-state index in [-0.39, 0.29) is 37.1 Å². The molecule has 2 saturated carbocycles. The summed E-state index contributed by atoms with van der Waals surface area (Å²) in [6, 6.07) is 2.89. The monoisotopic (exact) mass is 709 g/mol. The van der Waals surface area contributed by atoms with Gasteiger partial charge in [-0.15, -0.1) is 0 Å². The van der Waals surface area contributed by atoms with Crippen LogP contribution in [0.3, 0.4) is 0 Å². The number of benzene rings is 1. The number of oxazole rings is 1. The molecule has 2 aliphatic heterocycles. The molecule has 1 unspecified atom stereocenters.